The molecule has 1 heterocycles. The topological polar surface area (TPSA) is 49.4 Å². The van der Waals surface area contributed by atoms with Gasteiger partial charge in [-0.15, -0.1) is 0 Å². The summed E-state index contributed by atoms with van der Waals surface area (Å²) in [7, 11) is 0. The van der Waals surface area contributed by atoms with E-state index in [9.17, 15) is 9.59 Å². The number of carbonyl (C=O) groups excluding carboxylic acids is 2. The van der Waals surface area contributed by atoms with Crippen LogP contribution in [0.4, 0.5) is 5.69 Å². The number of para-hydroxylation sites is 1. The molecule has 18 heavy (non-hydrogen) atoms. The van der Waals surface area contributed by atoms with Crippen molar-refractivity contribution in [3.05, 3.63) is 30.3 Å². The van der Waals surface area contributed by atoms with Crippen LogP contribution in [0.15, 0.2) is 30.3 Å². The van der Waals surface area contributed by atoms with E-state index in [4.69, 9.17) is 0 Å². The molecule has 2 atom stereocenters. The van der Waals surface area contributed by atoms with Crippen LogP contribution in [0.25, 0.3) is 0 Å². The highest BCUT2D eigenvalue weighted by Crippen LogP contribution is 2.22. The van der Waals surface area contributed by atoms with Gasteiger partial charge in [-0.05, 0) is 18.6 Å². The van der Waals surface area contributed by atoms with Gasteiger partial charge in [0, 0.05) is 0 Å². The Kier molecular flexibility index (Phi) is 5.29. The highest BCUT2D eigenvalue weighted by Gasteiger charge is 2.39. The van der Waals surface area contributed by atoms with Crippen molar-refractivity contribution in [1.29, 1.82) is 0 Å². The summed E-state index contributed by atoms with van der Waals surface area (Å²) in [4.78, 5) is 23.8. The number of anilines is 1. The van der Waals surface area contributed by atoms with Gasteiger partial charge in [-0.25, -0.2) is 5.01 Å². The molecule has 0 bridgehead atoms. The molecule has 1 aliphatic heterocycles. The maximum absolute atomic E-state index is 12.1. The Hall–Kier alpha value is -1.41. The zero-order valence-corrected chi connectivity index (χ0v) is 12.0. The minimum atomic E-state index is -0.518. The predicted molar refractivity (Wildman–Crippen MR) is 76.2 cm³/mol. The number of nitrogens with zero attached hydrogens (tertiary/aromatic N) is 1. The van der Waals surface area contributed by atoms with E-state index >= 15 is 0 Å². The second-order valence-electron chi connectivity index (χ2n) is 4.18. The second-order valence-corrected chi connectivity index (χ2v) is 4.18. The van der Waals surface area contributed by atoms with Crippen LogP contribution in [0, 0.1) is 5.92 Å². The summed E-state index contributed by atoms with van der Waals surface area (Å²) >= 11 is 0. The van der Waals surface area contributed by atoms with E-state index in [-0.39, 0.29) is 21.7 Å². The fourth-order valence-corrected chi connectivity index (χ4v) is 1.94. The Balaban J connectivity index is 0.00000162. The third kappa shape index (κ3) is 2.88. The lowest BCUT2D eigenvalue weighted by molar-refractivity contribution is -0.127. The summed E-state index contributed by atoms with van der Waals surface area (Å²) in [5.74, 6) is -0.850. The van der Waals surface area contributed by atoms with Gasteiger partial charge in [0.15, 0.2) is 0 Å². The van der Waals surface area contributed by atoms with Crippen molar-refractivity contribution in [1.82, 2.24) is 5.43 Å². The first-order chi connectivity index (χ1) is 8.24. The maximum atomic E-state index is 12.1. The number of benzene rings is 1. The Morgan fingerprint density at radius 3 is 2.50 bits per heavy atom. The van der Waals surface area contributed by atoms with E-state index in [1.165, 1.54) is 5.01 Å². The van der Waals surface area contributed by atoms with Gasteiger partial charge in [-0.1, -0.05) is 38.0 Å². The van der Waals surface area contributed by atoms with Crippen LogP contribution in [-0.4, -0.2) is 11.8 Å². The zero-order chi connectivity index (χ0) is 12.3. The summed E-state index contributed by atoms with van der Waals surface area (Å²) in [6, 6.07) is 9.17. The molecular formula is C13H19N2O2P. The third-order valence-corrected chi connectivity index (χ3v) is 2.92. The van der Waals surface area contributed by atoms with Crippen molar-refractivity contribution >= 4 is 27.4 Å². The van der Waals surface area contributed by atoms with Crippen molar-refractivity contribution in [2.45, 2.75) is 26.2 Å². The lowest BCUT2D eigenvalue weighted by atomic mass is 10.0. The van der Waals surface area contributed by atoms with Gasteiger partial charge in [-0.3, -0.25) is 15.0 Å². The second kappa shape index (κ2) is 6.50. The molecule has 0 aromatic heterocycles. The molecule has 1 aromatic carbocycles. The van der Waals surface area contributed by atoms with Crippen molar-refractivity contribution in [2.75, 3.05) is 5.01 Å². The Bertz CT molecular complexity index is 422. The first-order valence-corrected chi connectivity index (χ1v) is 5.93. The lowest BCUT2D eigenvalue weighted by Crippen LogP contribution is -2.35. The molecule has 1 fully saturated rings. The molecule has 0 aliphatic carbocycles. The van der Waals surface area contributed by atoms with Gasteiger partial charge < -0.3 is 0 Å². The molecule has 1 aliphatic rings. The molecule has 1 aromatic rings. The highest BCUT2D eigenvalue weighted by atomic mass is 31.0. The molecule has 2 amide bonds. The zero-order valence-electron chi connectivity index (χ0n) is 10.6. The molecule has 0 saturated carbocycles. The van der Waals surface area contributed by atoms with Crippen molar-refractivity contribution in [2.24, 2.45) is 5.92 Å². The molecule has 5 heteroatoms. The van der Waals surface area contributed by atoms with E-state index in [0.29, 0.717) is 12.1 Å². The Morgan fingerprint density at radius 2 is 1.89 bits per heavy atom. The SMILES string of the molecule is CCCCC1C(=O)NN(c2ccccc2)C1=O.P. The first-order valence-electron chi connectivity index (χ1n) is 5.93. The predicted octanol–water partition coefficient (Wildman–Crippen LogP) is 1.93. The maximum Gasteiger partial charge on any atom is 0.258 e. The van der Waals surface area contributed by atoms with E-state index in [1.54, 1.807) is 12.1 Å². The number of hydrazine groups is 1. The molecule has 0 radical (unpaired) electrons. The third-order valence-electron chi connectivity index (χ3n) is 2.92. The molecule has 4 nitrogen and oxygen atoms in total. The van der Waals surface area contributed by atoms with E-state index in [1.807, 2.05) is 25.1 Å². The summed E-state index contributed by atoms with van der Waals surface area (Å²) in [6.45, 7) is 2.05. The van der Waals surface area contributed by atoms with Crippen LogP contribution in [0.5, 0.6) is 0 Å². The molecule has 2 rings (SSSR count). The fourth-order valence-electron chi connectivity index (χ4n) is 1.94. The van der Waals surface area contributed by atoms with Crippen LogP contribution in [0.2, 0.25) is 0 Å². The van der Waals surface area contributed by atoms with Crippen molar-refractivity contribution in [3.8, 4) is 0 Å². The molecular weight excluding hydrogens is 247 g/mol. The number of nitrogens with one attached hydrogen (secondary N) is 1. The highest BCUT2D eigenvalue weighted by molar-refractivity contribution is 6.92. The molecule has 2 unspecified atom stereocenters. The minimum absolute atomic E-state index is 0. The van der Waals surface area contributed by atoms with Crippen LogP contribution >= 0.6 is 9.90 Å². The number of carbonyl (C=O) groups is 2. The molecule has 1 N–H and O–H groups in total. The quantitative estimate of drug-likeness (QED) is 0.668. The van der Waals surface area contributed by atoms with Crippen LogP contribution in [0.1, 0.15) is 26.2 Å². The van der Waals surface area contributed by atoms with Gasteiger partial charge in [0.05, 0.1) is 5.69 Å². The number of rotatable bonds is 4. The van der Waals surface area contributed by atoms with E-state index in [0.717, 1.165) is 12.8 Å². The van der Waals surface area contributed by atoms with E-state index < -0.39 is 5.92 Å². The van der Waals surface area contributed by atoms with Crippen LogP contribution in [-0.2, 0) is 9.59 Å². The van der Waals surface area contributed by atoms with Gasteiger partial charge in [0.2, 0.25) is 0 Å². The average Bonchev–Trinajstić information content (AvgIpc) is 2.64. The number of hydrogen-bond acceptors (Lipinski definition) is 2. The van der Waals surface area contributed by atoms with Crippen LogP contribution in [0.3, 0.4) is 0 Å². The Labute approximate surface area is 110 Å². The monoisotopic (exact) mass is 266 g/mol. The van der Waals surface area contributed by atoms with Crippen molar-refractivity contribution in [3.63, 3.8) is 0 Å². The van der Waals surface area contributed by atoms with Crippen LogP contribution < -0.4 is 10.4 Å². The fraction of sp³-hybridized carbons (Fsp3) is 0.385. The number of amides is 2. The van der Waals surface area contributed by atoms with Gasteiger partial charge in [-0.2, -0.15) is 9.90 Å². The van der Waals surface area contributed by atoms with Gasteiger partial charge in [0.1, 0.15) is 5.92 Å². The van der Waals surface area contributed by atoms with E-state index in [2.05, 4.69) is 5.43 Å². The smallest absolute Gasteiger partial charge is 0.258 e. The largest absolute Gasteiger partial charge is 0.272 e. The van der Waals surface area contributed by atoms with Gasteiger partial charge >= 0.3 is 0 Å². The average molecular weight is 266 g/mol. The normalized spacial score (nSPS) is 18.5. The number of hydrogen-bond donors (Lipinski definition) is 1. The summed E-state index contributed by atoms with van der Waals surface area (Å²) in [5.41, 5.74) is 3.34. The number of unbranched alkanes of at least 4 members (excludes halogenated alkanes) is 1. The summed E-state index contributed by atoms with van der Waals surface area (Å²) < 4.78 is 0. The van der Waals surface area contributed by atoms with Crippen molar-refractivity contribution < 1.29 is 9.59 Å². The minimum Gasteiger partial charge on any atom is -0.272 e. The summed E-state index contributed by atoms with van der Waals surface area (Å²) in [5, 5.41) is 1.35. The molecule has 0 spiro atoms. The molecule has 1 saturated heterocycles. The first kappa shape index (κ1) is 14.7. The summed E-state index contributed by atoms with van der Waals surface area (Å²) in [6.07, 6.45) is 2.51. The standard InChI is InChI=1S/C13H16N2O2.H3P/c1-2-3-9-11-12(16)14-15(13(11)17)10-7-5-4-6-8-10;/h4-8,11H,2-3,9H2,1H3,(H,14,16);1H3. The molecule has 98 valence electrons. The van der Waals surface area contributed by atoms with Gasteiger partial charge in [0.25, 0.3) is 11.8 Å². The lowest BCUT2D eigenvalue weighted by Gasteiger charge is -2.14. The Morgan fingerprint density at radius 1 is 1.22 bits per heavy atom.